The van der Waals surface area contributed by atoms with Crippen molar-refractivity contribution in [2.75, 3.05) is 5.33 Å². The minimum absolute atomic E-state index is 0.240. The lowest BCUT2D eigenvalue weighted by Crippen LogP contribution is -2.51. The Kier molecular flexibility index (Phi) is 4.99. The third kappa shape index (κ3) is 3.22. The van der Waals surface area contributed by atoms with E-state index in [0.717, 1.165) is 49.4 Å². The quantitative estimate of drug-likeness (QED) is 0.457. The number of aliphatic hydroxyl groups is 1. The molecule has 5 saturated carbocycles. The van der Waals surface area contributed by atoms with Gasteiger partial charge in [0.25, 0.3) is 0 Å². The molecule has 154 valence electrons. The predicted octanol–water partition coefficient (Wildman–Crippen LogP) is 5.36. The lowest BCUT2D eigenvalue weighted by Gasteiger charge is -2.56. The number of hydrogen-bond acceptors (Lipinski definition) is 2. The summed E-state index contributed by atoms with van der Waals surface area (Å²) in [5.74, 6) is 11.8. The number of halogens is 1. The molecule has 5 aliphatic rings. The average Bonchev–Trinajstić information content (AvgIpc) is 3.45. The molecule has 0 amide bonds. The van der Waals surface area contributed by atoms with Crippen molar-refractivity contribution in [1.29, 1.82) is 0 Å². The third-order valence-electron chi connectivity index (χ3n) is 9.62. The number of carbonyl (C=O) groups is 1. The van der Waals surface area contributed by atoms with E-state index in [0.29, 0.717) is 22.9 Å². The number of Topliss-reactive ketones (excluding diaryl/α,β-unsaturated/α-hetero) is 1. The molecule has 2 nitrogen and oxygen atoms in total. The highest BCUT2D eigenvalue weighted by atomic mass is 79.9. The largest absolute Gasteiger partial charge is 0.378 e. The van der Waals surface area contributed by atoms with Crippen LogP contribution in [0.2, 0.25) is 0 Å². The van der Waals surface area contributed by atoms with Gasteiger partial charge in [-0.15, -0.1) is 0 Å². The second kappa shape index (κ2) is 7.12. The zero-order chi connectivity index (χ0) is 19.5. The van der Waals surface area contributed by atoms with E-state index in [1.54, 1.807) is 0 Å². The summed E-state index contributed by atoms with van der Waals surface area (Å²) in [7, 11) is 0. The molecule has 0 saturated heterocycles. The monoisotopic (exact) mass is 446 g/mol. The average molecular weight is 447 g/mol. The summed E-state index contributed by atoms with van der Waals surface area (Å²) < 4.78 is 0. The number of carbonyl (C=O) groups excluding carboxylic acids is 1. The SMILES string of the molecule is C[C@]12CC[C@H]3[C@@H](CC[C@H]4C[C@](O)(C#CC5CC5)CC[C@@H]43)[C@@H]1CC[C@@H]2C(=O)CBr. The molecule has 0 bridgehead atoms. The van der Waals surface area contributed by atoms with Crippen molar-refractivity contribution in [1.82, 2.24) is 0 Å². The van der Waals surface area contributed by atoms with E-state index in [2.05, 4.69) is 34.7 Å². The maximum Gasteiger partial charge on any atom is 0.147 e. The molecule has 28 heavy (non-hydrogen) atoms. The van der Waals surface area contributed by atoms with Crippen LogP contribution in [0.5, 0.6) is 0 Å². The van der Waals surface area contributed by atoms with Gasteiger partial charge in [-0.3, -0.25) is 4.79 Å². The van der Waals surface area contributed by atoms with Crippen molar-refractivity contribution in [2.24, 2.45) is 46.8 Å². The Labute approximate surface area is 178 Å². The molecule has 0 spiro atoms. The summed E-state index contributed by atoms with van der Waals surface area (Å²) in [4.78, 5) is 12.6. The minimum Gasteiger partial charge on any atom is -0.378 e. The van der Waals surface area contributed by atoms with Gasteiger partial charge < -0.3 is 5.11 Å². The molecule has 0 aliphatic heterocycles. The Morgan fingerprint density at radius 2 is 1.79 bits per heavy atom. The first-order chi connectivity index (χ1) is 13.4. The molecule has 0 aromatic heterocycles. The summed E-state index contributed by atoms with van der Waals surface area (Å²) in [6.45, 7) is 2.44. The van der Waals surface area contributed by atoms with E-state index < -0.39 is 5.60 Å². The van der Waals surface area contributed by atoms with Crippen molar-refractivity contribution in [3.05, 3.63) is 0 Å². The Bertz CT molecular complexity index is 703. The molecule has 5 rings (SSSR count). The maximum atomic E-state index is 12.6. The Morgan fingerprint density at radius 1 is 1.00 bits per heavy atom. The molecule has 5 aliphatic carbocycles. The normalized spacial score (nSPS) is 50.0. The highest BCUT2D eigenvalue weighted by Gasteiger charge is 2.58. The lowest BCUT2D eigenvalue weighted by atomic mass is 9.49. The standard InChI is InChI=1S/C25H35BrO2/c1-24-11-9-19-18-10-13-25(28,12-8-16-2-3-16)14-17(18)4-5-20(19)21(24)6-7-22(24)23(27)15-26/h16-22,28H,2-7,9-11,13-15H2,1H3/t17-,18-,19+,20+,21-,22+,24-,25-/m0/s1. The predicted molar refractivity (Wildman–Crippen MR) is 115 cm³/mol. The number of hydrogen-bond donors (Lipinski definition) is 1. The molecule has 5 fully saturated rings. The van der Waals surface area contributed by atoms with Crippen LogP contribution in [0, 0.1) is 58.7 Å². The highest BCUT2D eigenvalue weighted by Crippen LogP contribution is 2.64. The number of ketones is 1. The van der Waals surface area contributed by atoms with Crippen LogP contribution in [0.1, 0.15) is 77.6 Å². The van der Waals surface area contributed by atoms with Crippen LogP contribution in [0.3, 0.4) is 0 Å². The van der Waals surface area contributed by atoms with Crippen molar-refractivity contribution < 1.29 is 9.90 Å². The van der Waals surface area contributed by atoms with Crippen LogP contribution >= 0.6 is 15.9 Å². The lowest BCUT2D eigenvalue weighted by molar-refractivity contribution is -0.129. The Hall–Kier alpha value is -0.330. The maximum absolute atomic E-state index is 12.6. The fourth-order valence-corrected chi connectivity index (χ4v) is 8.47. The molecular weight excluding hydrogens is 412 g/mol. The van der Waals surface area contributed by atoms with Gasteiger partial charge in [0.2, 0.25) is 0 Å². The van der Waals surface area contributed by atoms with Crippen LogP contribution in [0.15, 0.2) is 0 Å². The molecule has 3 heteroatoms. The smallest absolute Gasteiger partial charge is 0.147 e. The molecule has 0 unspecified atom stereocenters. The van der Waals surface area contributed by atoms with E-state index in [4.69, 9.17) is 0 Å². The zero-order valence-electron chi connectivity index (χ0n) is 17.3. The molecular formula is C25H35BrO2. The van der Waals surface area contributed by atoms with Crippen LogP contribution in [-0.2, 0) is 4.79 Å². The number of fused-ring (bicyclic) bond motifs is 5. The topological polar surface area (TPSA) is 37.3 Å². The second-order valence-electron chi connectivity index (χ2n) is 11.0. The van der Waals surface area contributed by atoms with Crippen LogP contribution in [0.4, 0.5) is 0 Å². The first kappa shape index (κ1) is 19.6. The van der Waals surface area contributed by atoms with Crippen molar-refractivity contribution in [3.8, 4) is 11.8 Å². The van der Waals surface area contributed by atoms with Gasteiger partial charge in [0.15, 0.2) is 0 Å². The highest BCUT2D eigenvalue weighted by molar-refractivity contribution is 9.09. The minimum atomic E-state index is -0.708. The van der Waals surface area contributed by atoms with Crippen LogP contribution in [-0.4, -0.2) is 21.8 Å². The van der Waals surface area contributed by atoms with Gasteiger partial charge in [-0.05, 0) is 106 Å². The first-order valence-corrected chi connectivity index (χ1v) is 12.9. The molecule has 0 aromatic rings. The zero-order valence-corrected chi connectivity index (χ0v) is 18.8. The number of alkyl halides is 1. The van der Waals surface area contributed by atoms with Crippen molar-refractivity contribution in [3.63, 3.8) is 0 Å². The summed E-state index contributed by atoms with van der Waals surface area (Å²) in [5.41, 5.74) is -0.468. The fourth-order valence-electron chi connectivity index (χ4n) is 8.08. The van der Waals surface area contributed by atoms with Gasteiger partial charge in [0.1, 0.15) is 11.4 Å². The summed E-state index contributed by atoms with van der Waals surface area (Å²) >= 11 is 3.43. The Morgan fingerprint density at radius 3 is 2.54 bits per heavy atom. The van der Waals surface area contributed by atoms with Crippen LogP contribution < -0.4 is 0 Å². The summed E-state index contributed by atoms with van der Waals surface area (Å²) in [6.07, 6.45) is 12.9. The molecule has 0 aromatic carbocycles. The van der Waals surface area contributed by atoms with E-state index in [1.807, 2.05) is 0 Å². The van der Waals surface area contributed by atoms with Crippen molar-refractivity contribution >= 4 is 21.7 Å². The second-order valence-corrected chi connectivity index (χ2v) is 11.6. The van der Waals surface area contributed by atoms with E-state index in [9.17, 15) is 9.90 Å². The molecule has 1 N–H and O–H groups in total. The van der Waals surface area contributed by atoms with E-state index >= 15 is 0 Å². The summed E-state index contributed by atoms with van der Waals surface area (Å²) in [5, 5.41) is 11.6. The van der Waals surface area contributed by atoms with Gasteiger partial charge in [-0.2, -0.15) is 0 Å². The van der Waals surface area contributed by atoms with Gasteiger partial charge in [0.05, 0.1) is 5.33 Å². The van der Waals surface area contributed by atoms with E-state index in [1.165, 1.54) is 44.9 Å². The molecule has 0 radical (unpaired) electrons. The van der Waals surface area contributed by atoms with Gasteiger partial charge in [-0.25, -0.2) is 0 Å². The Balaban J connectivity index is 1.31. The van der Waals surface area contributed by atoms with Gasteiger partial charge >= 0.3 is 0 Å². The van der Waals surface area contributed by atoms with Gasteiger partial charge in [0, 0.05) is 11.8 Å². The fraction of sp³-hybridized carbons (Fsp3) is 0.880. The van der Waals surface area contributed by atoms with E-state index in [-0.39, 0.29) is 11.3 Å². The van der Waals surface area contributed by atoms with Gasteiger partial charge in [-0.1, -0.05) is 34.7 Å². The molecule has 0 heterocycles. The number of rotatable bonds is 2. The van der Waals surface area contributed by atoms with Crippen LogP contribution in [0.25, 0.3) is 0 Å². The third-order valence-corrected chi connectivity index (χ3v) is 10.2. The summed E-state index contributed by atoms with van der Waals surface area (Å²) in [6, 6.07) is 0. The molecule has 8 atom stereocenters. The van der Waals surface area contributed by atoms with Crippen molar-refractivity contribution in [2.45, 2.75) is 83.2 Å². The first-order valence-electron chi connectivity index (χ1n) is 11.8.